The Balaban J connectivity index is 2.03. The summed E-state index contributed by atoms with van der Waals surface area (Å²) in [5.74, 6) is -1.15. The minimum atomic E-state index is -0.544. The number of anilines is 1. The molecule has 0 N–H and O–H groups in total. The van der Waals surface area contributed by atoms with Crippen molar-refractivity contribution in [2.24, 2.45) is 0 Å². The predicted octanol–water partition coefficient (Wildman–Crippen LogP) is 4.59. The van der Waals surface area contributed by atoms with E-state index < -0.39 is 17.5 Å². The van der Waals surface area contributed by atoms with E-state index in [0.717, 1.165) is 11.1 Å². The van der Waals surface area contributed by atoms with Gasteiger partial charge in [-0.15, -0.1) is 11.3 Å². The molecule has 26 heavy (non-hydrogen) atoms. The summed E-state index contributed by atoms with van der Waals surface area (Å²) in [6, 6.07) is 9.29. The Hall–Kier alpha value is -2.80. The molecule has 134 valence electrons. The molecular weight excluding hydrogens is 358 g/mol. The fourth-order valence-electron chi connectivity index (χ4n) is 2.54. The number of nitrogens with zero attached hydrogens (tertiary/aromatic N) is 2. The van der Waals surface area contributed by atoms with Gasteiger partial charge in [-0.05, 0) is 49.4 Å². The van der Waals surface area contributed by atoms with Crippen molar-refractivity contribution < 1.29 is 18.3 Å². The summed E-state index contributed by atoms with van der Waals surface area (Å²) in [7, 11) is 1.41. The number of carbonyl (C=O) groups is 1. The Morgan fingerprint density at radius 1 is 1.15 bits per heavy atom. The molecule has 3 aromatic rings. The Kier molecular flexibility index (Phi) is 5.27. The number of aromatic nitrogens is 1. The molecule has 1 heterocycles. The number of rotatable bonds is 5. The quantitative estimate of drug-likeness (QED) is 0.656. The standard InChI is InChI=1S/C19H16F2N2O2S/c1-12-22-15(11-26-12)10-23(16-6-3-13(20)4-7-16)19(24)17-9-14(21)5-8-18(17)25-2/h3-9,11H,10H2,1-2H3. The number of amides is 1. The number of hydrogen-bond donors (Lipinski definition) is 0. The zero-order chi connectivity index (χ0) is 18.7. The van der Waals surface area contributed by atoms with Crippen LogP contribution in [0, 0.1) is 18.6 Å². The van der Waals surface area contributed by atoms with Gasteiger partial charge in [0.25, 0.3) is 5.91 Å². The Bertz CT molecular complexity index is 926. The van der Waals surface area contributed by atoms with E-state index in [1.165, 1.54) is 59.7 Å². The normalized spacial score (nSPS) is 10.6. The second-order valence-electron chi connectivity index (χ2n) is 5.57. The molecule has 4 nitrogen and oxygen atoms in total. The maximum Gasteiger partial charge on any atom is 0.262 e. The van der Waals surface area contributed by atoms with Crippen molar-refractivity contribution in [2.75, 3.05) is 12.0 Å². The maximum atomic E-state index is 13.7. The molecule has 0 aliphatic heterocycles. The molecule has 0 saturated carbocycles. The monoisotopic (exact) mass is 374 g/mol. The first-order chi connectivity index (χ1) is 12.5. The third kappa shape index (κ3) is 3.88. The molecule has 0 spiro atoms. The lowest BCUT2D eigenvalue weighted by Gasteiger charge is -2.23. The minimum absolute atomic E-state index is 0.0868. The average Bonchev–Trinajstić information content (AvgIpc) is 3.05. The second-order valence-corrected chi connectivity index (χ2v) is 6.63. The number of benzene rings is 2. The van der Waals surface area contributed by atoms with E-state index in [9.17, 15) is 13.6 Å². The van der Waals surface area contributed by atoms with Gasteiger partial charge in [-0.25, -0.2) is 13.8 Å². The van der Waals surface area contributed by atoms with Crippen LogP contribution < -0.4 is 9.64 Å². The highest BCUT2D eigenvalue weighted by atomic mass is 32.1. The van der Waals surface area contributed by atoms with Gasteiger partial charge in [0.15, 0.2) is 0 Å². The number of methoxy groups -OCH3 is 1. The molecule has 3 rings (SSSR count). The number of carbonyl (C=O) groups excluding carboxylic acids is 1. The Morgan fingerprint density at radius 3 is 2.46 bits per heavy atom. The van der Waals surface area contributed by atoms with Gasteiger partial charge < -0.3 is 9.64 Å². The first-order valence-corrected chi connectivity index (χ1v) is 8.68. The van der Waals surface area contributed by atoms with E-state index in [-0.39, 0.29) is 17.9 Å². The summed E-state index contributed by atoms with van der Waals surface area (Å²) in [6.45, 7) is 2.04. The summed E-state index contributed by atoms with van der Waals surface area (Å²) in [5, 5.41) is 2.72. The molecule has 7 heteroatoms. The highest BCUT2D eigenvalue weighted by molar-refractivity contribution is 7.09. The van der Waals surface area contributed by atoms with Gasteiger partial charge in [0.05, 0.1) is 29.9 Å². The lowest BCUT2D eigenvalue weighted by Crippen LogP contribution is -2.31. The summed E-state index contributed by atoms with van der Waals surface area (Å²) >= 11 is 1.47. The van der Waals surface area contributed by atoms with Gasteiger partial charge in [-0.1, -0.05) is 0 Å². The van der Waals surface area contributed by atoms with Gasteiger partial charge in [0, 0.05) is 11.1 Å². The van der Waals surface area contributed by atoms with E-state index in [0.29, 0.717) is 11.4 Å². The van der Waals surface area contributed by atoms with E-state index in [4.69, 9.17) is 4.74 Å². The van der Waals surface area contributed by atoms with Crippen LogP contribution in [-0.2, 0) is 6.54 Å². The minimum Gasteiger partial charge on any atom is -0.496 e. The zero-order valence-corrected chi connectivity index (χ0v) is 15.0. The molecular formula is C19H16F2N2O2S. The van der Waals surface area contributed by atoms with Gasteiger partial charge in [-0.3, -0.25) is 4.79 Å². The first-order valence-electron chi connectivity index (χ1n) is 7.80. The van der Waals surface area contributed by atoms with Crippen LogP contribution in [0.15, 0.2) is 47.8 Å². The zero-order valence-electron chi connectivity index (χ0n) is 14.2. The molecule has 0 aliphatic carbocycles. The van der Waals surface area contributed by atoms with Crippen LogP contribution in [0.4, 0.5) is 14.5 Å². The third-order valence-electron chi connectivity index (χ3n) is 3.76. The summed E-state index contributed by atoms with van der Waals surface area (Å²) in [6.07, 6.45) is 0. The van der Waals surface area contributed by atoms with E-state index in [1.54, 1.807) is 0 Å². The van der Waals surface area contributed by atoms with Crippen molar-refractivity contribution in [3.63, 3.8) is 0 Å². The van der Waals surface area contributed by atoms with Crippen LogP contribution in [0.2, 0.25) is 0 Å². The topological polar surface area (TPSA) is 42.4 Å². The molecule has 0 bridgehead atoms. The van der Waals surface area contributed by atoms with Crippen LogP contribution in [0.1, 0.15) is 21.1 Å². The van der Waals surface area contributed by atoms with Crippen molar-refractivity contribution in [2.45, 2.75) is 13.5 Å². The third-order valence-corrected chi connectivity index (χ3v) is 4.58. The Morgan fingerprint density at radius 2 is 1.85 bits per heavy atom. The van der Waals surface area contributed by atoms with Crippen molar-refractivity contribution in [1.82, 2.24) is 4.98 Å². The van der Waals surface area contributed by atoms with Crippen LogP contribution in [0.5, 0.6) is 5.75 Å². The van der Waals surface area contributed by atoms with Gasteiger partial charge >= 0.3 is 0 Å². The highest BCUT2D eigenvalue weighted by Crippen LogP contribution is 2.26. The molecule has 2 aromatic carbocycles. The molecule has 0 fully saturated rings. The van der Waals surface area contributed by atoms with Crippen molar-refractivity contribution in [1.29, 1.82) is 0 Å². The van der Waals surface area contributed by atoms with E-state index in [1.807, 2.05) is 12.3 Å². The van der Waals surface area contributed by atoms with E-state index >= 15 is 0 Å². The highest BCUT2D eigenvalue weighted by Gasteiger charge is 2.23. The van der Waals surface area contributed by atoms with Gasteiger partial charge in [0.1, 0.15) is 17.4 Å². The SMILES string of the molecule is COc1ccc(F)cc1C(=O)N(Cc1csc(C)n1)c1ccc(F)cc1. The van der Waals surface area contributed by atoms with Gasteiger partial charge in [-0.2, -0.15) is 0 Å². The molecule has 1 aromatic heterocycles. The molecule has 0 saturated heterocycles. The van der Waals surface area contributed by atoms with Gasteiger partial charge in [0.2, 0.25) is 0 Å². The fourth-order valence-corrected chi connectivity index (χ4v) is 3.14. The van der Waals surface area contributed by atoms with E-state index in [2.05, 4.69) is 4.98 Å². The summed E-state index contributed by atoms with van der Waals surface area (Å²) < 4.78 is 32.2. The molecule has 0 atom stereocenters. The average molecular weight is 374 g/mol. The van der Waals surface area contributed by atoms with Crippen molar-refractivity contribution >= 4 is 22.9 Å². The predicted molar refractivity (Wildman–Crippen MR) is 96.7 cm³/mol. The lowest BCUT2D eigenvalue weighted by molar-refractivity contribution is 0.0981. The summed E-state index contributed by atoms with van der Waals surface area (Å²) in [4.78, 5) is 18.9. The number of thiazole rings is 1. The van der Waals surface area contributed by atoms with Crippen molar-refractivity contribution in [3.05, 3.63) is 75.7 Å². The lowest BCUT2D eigenvalue weighted by atomic mass is 10.1. The largest absolute Gasteiger partial charge is 0.496 e. The number of aryl methyl sites for hydroxylation is 1. The number of ether oxygens (including phenoxy) is 1. The van der Waals surface area contributed by atoms with Crippen molar-refractivity contribution in [3.8, 4) is 5.75 Å². The van der Waals surface area contributed by atoms with Crippen LogP contribution in [0.25, 0.3) is 0 Å². The first kappa shape index (κ1) is 18.0. The van der Waals surface area contributed by atoms with Crippen LogP contribution >= 0.6 is 11.3 Å². The summed E-state index contributed by atoms with van der Waals surface area (Å²) in [5.41, 5.74) is 1.26. The fraction of sp³-hybridized carbons (Fsp3) is 0.158. The van der Waals surface area contributed by atoms with Crippen LogP contribution in [-0.4, -0.2) is 18.0 Å². The maximum absolute atomic E-state index is 13.7. The molecule has 0 aliphatic rings. The second kappa shape index (κ2) is 7.61. The smallest absolute Gasteiger partial charge is 0.262 e. The van der Waals surface area contributed by atoms with Crippen LogP contribution in [0.3, 0.4) is 0 Å². The number of halogens is 2. The molecule has 0 unspecified atom stereocenters. The molecule has 1 amide bonds. The number of hydrogen-bond acceptors (Lipinski definition) is 4. The Labute approximate surface area is 153 Å². The molecule has 0 radical (unpaired) electrons.